The molecule has 0 aliphatic heterocycles. The van der Waals surface area contributed by atoms with Crippen molar-refractivity contribution in [3.63, 3.8) is 0 Å². The third-order valence-electron chi connectivity index (χ3n) is 4.24. The van der Waals surface area contributed by atoms with E-state index in [0.29, 0.717) is 0 Å². The van der Waals surface area contributed by atoms with E-state index in [-0.39, 0.29) is 5.69 Å². The molecule has 0 saturated carbocycles. The molecule has 0 fully saturated rings. The molecule has 0 N–H and O–H groups in total. The van der Waals surface area contributed by atoms with Crippen LogP contribution < -0.4 is 0 Å². The largest absolute Gasteiger partial charge is 0.269 e. The molecule has 3 aromatic rings. The summed E-state index contributed by atoms with van der Waals surface area (Å²) >= 11 is 1.62. The molecule has 25 heavy (non-hydrogen) atoms. The number of hydrogen-bond acceptors (Lipinski definition) is 5. The Kier molecular flexibility index (Phi) is 4.11. The Morgan fingerprint density at radius 2 is 1.92 bits per heavy atom. The second-order valence-corrected chi connectivity index (χ2v) is 6.95. The van der Waals surface area contributed by atoms with E-state index in [1.54, 1.807) is 29.7 Å². The van der Waals surface area contributed by atoms with Gasteiger partial charge >= 0.3 is 0 Å². The smallest absolute Gasteiger partial charge is 0.258 e. The molecule has 0 saturated heterocycles. The molecule has 0 radical (unpaired) electrons. The first-order chi connectivity index (χ1) is 12.2. The van der Waals surface area contributed by atoms with E-state index in [1.165, 1.54) is 28.1 Å². The van der Waals surface area contributed by atoms with Crippen LogP contribution in [0.2, 0.25) is 0 Å². The van der Waals surface area contributed by atoms with Crippen molar-refractivity contribution in [2.24, 2.45) is 4.99 Å². The SMILES string of the molecule is O=[N+]([O-])c1ccc(/C=N\c2nc3c(s2)CCCc2ccccc2-3)cc1. The van der Waals surface area contributed by atoms with Crippen molar-refractivity contribution >= 4 is 28.4 Å². The van der Waals surface area contributed by atoms with Crippen molar-refractivity contribution in [3.05, 3.63) is 74.6 Å². The fraction of sp³-hybridized carbons (Fsp3) is 0.158. The highest BCUT2D eigenvalue weighted by atomic mass is 32.1. The zero-order valence-corrected chi connectivity index (χ0v) is 14.2. The number of benzene rings is 2. The third-order valence-corrected chi connectivity index (χ3v) is 5.26. The lowest BCUT2D eigenvalue weighted by atomic mass is 10.0. The molecule has 2 aromatic carbocycles. The van der Waals surface area contributed by atoms with Crippen LogP contribution in [0.15, 0.2) is 53.5 Å². The Bertz CT molecular complexity index is 961. The quantitative estimate of drug-likeness (QED) is 0.381. The number of nitro benzene ring substituents is 1. The van der Waals surface area contributed by atoms with Gasteiger partial charge in [0.05, 0.1) is 10.6 Å². The Labute approximate surface area is 148 Å². The second kappa shape index (κ2) is 6.57. The van der Waals surface area contributed by atoms with E-state index in [1.807, 2.05) is 6.07 Å². The zero-order valence-electron chi connectivity index (χ0n) is 13.4. The predicted molar refractivity (Wildman–Crippen MR) is 99.9 cm³/mol. The van der Waals surface area contributed by atoms with E-state index < -0.39 is 4.92 Å². The molecule has 1 aliphatic rings. The molecule has 6 heteroatoms. The van der Waals surface area contributed by atoms with Gasteiger partial charge in [0.15, 0.2) is 0 Å². The number of nitrogens with zero attached hydrogens (tertiary/aromatic N) is 3. The van der Waals surface area contributed by atoms with Crippen molar-refractivity contribution in [1.82, 2.24) is 4.98 Å². The molecule has 1 aliphatic carbocycles. The Morgan fingerprint density at radius 1 is 1.12 bits per heavy atom. The van der Waals surface area contributed by atoms with Crippen LogP contribution in [0.1, 0.15) is 22.4 Å². The van der Waals surface area contributed by atoms with Gasteiger partial charge in [-0.05, 0) is 42.5 Å². The number of hydrogen-bond donors (Lipinski definition) is 0. The topological polar surface area (TPSA) is 68.4 Å². The number of fused-ring (bicyclic) bond motifs is 3. The fourth-order valence-electron chi connectivity index (χ4n) is 3.00. The average Bonchev–Trinajstić information content (AvgIpc) is 2.96. The van der Waals surface area contributed by atoms with Crippen LogP contribution in [0.25, 0.3) is 11.3 Å². The second-order valence-electron chi connectivity index (χ2n) is 5.89. The summed E-state index contributed by atoms with van der Waals surface area (Å²) in [6, 6.07) is 14.8. The lowest BCUT2D eigenvalue weighted by Gasteiger charge is -2.03. The van der Waals surface area contributed by atoms with Gasteiger partial charge in [-0.15, -0.1) is 0 Å². The summed E-state index contributed by atoms with van der Waals surface area (Å²) in [7, 11) is 0. The number of aliphatic imine (C=N–C) groups is 1. The molecular formula is C19H15N3O2S. The number of thiazole rings is 1. The van der Waals surface area contributed by atoms with Crippen molar-refractivity contribution in [2.75, 3.05) is 0 Å². The highest BCUT2D eigenvalue weighted by Crippen LogP contribution is 2.37. The van der Waals surface area contributed by atoms with Gasteiger partial charge in [0.1, 0.15) is 0 Å². The third kappa shape index (κ3) is 3.21. The summed E-state index contributed by atoms with van der Waals surface area (Å²) in [5, 5.41) is 11.4. The van der Waals surface area contributed by atoms with Crippen molar-refractivity contribution in [2.45, 2.75) is 19.3 Å². The minimum atomic E-state index is -0.407. The maximum absolute atomic E-state index is 10.7. The van der Waals surface area contributed by atoms with E-state index >= 15 is 0 Å². The van der Waals surface area contributed by atoms with Crippen LogP contribution in [0.5, 0.6) is 0 Å². The molecule has 124 valence electrons. The minimum Gasteiger partial charge on any atom is -0.258 e. The van der Waals surface area contributed by atoms with Gasteiger partial charge in [-0.3, -0.25) is 10.1 Å². The van der Waals surface area contributed by atoms with Gasteiger partial charge in [0.2, 0.25) is 5.13 Å². The van der Waals surface area contributed by atoms with Crippen LogP contribution >= 0.6 is 11.3 Å². The van der Waals surface area contributed by atoms with Crippen LogP contribution in [0, 0.1) is 10.1 Å². The standard InChI is InChI=1S/C19H15N3O2S/c23-22(24)15-10-8-13(9-11-15)12-20-19-21-18-16-6-2-1-4-14(16)5-3-7-17(18)25-19/h1-2,4,6,8-12H,3,5,7H2/b20-12-. The number of non-ortho nitro benzene ring substituents is 1. The monoisotopic (exact) mass is 349 g/mol. The number of aromatic nitrogens is 1. The van der Waals surface area contributed by atoms with Gasteiger partial charge in [0.25, 0.3) is 5.69 Å². The fourth-order valence-corrected chi connectivity index (χ4v) is 3.96. The Morgan fingerprint density at radius 3 is 2.72 bits per heavy atom. The minimum absolute atomic E-state index is 0.0784. The Balaban J connectivity index is 1.63. The highest BCUT2D eigenvalue weighted by molar-refractivity contribution is 7.15. The van der Waals surface area contributed by atoms with Gasteiger partial charge in [-0.2, -0.15) is 0 Å². The number of rotatable bonds is 3. The van der Waals surface area contributed by atoms with Gasteiger partial charge in [0, 0.05) is 28.8 Å². The lowest BCUT2D eigenvalue weighted by molar-refractivity contribution is -0.384. The van der Waals surface area contributed by atoms with Crippen molar-refractivity contribution in [1.29, 1.82) is 0 Å². The predicted octanol–water partition coefficient (Wildman–Crippen LogP) is 4.96. The number of aryl methyl sites for hydroxylation is 2. The first-order valence-corrected chi connectivity index (χ1v) is 8.89. The molecule has 0 spiro atoms. The Hall–Kier alpha value is -2.86. The molecular weight excluding hydrogens is 334 g/mol. The molecule has 0 unspecified atom stereocenters. The first kappa shape index (κ1) is 15.7. The van der Waals surface area contributed by atoms with Crippen LogP contribution in [0.3, 0.4) is 0 Å². The van der Waals surface area contributed by atoms with E-state index in [0.717, 1.165) is 35.7 Å². The maximum Gasteiger partial charge on any atom is 0.269 e. The van der Waals surface area contributed by atoms with Gasteiger partial charge in [-0.25, -0.2) is 9.98 Å². The van der Waals surface area contributed by atoms with Gasteiger partial charge < -0.3 is 0 Å². The van der Waals surface area contributed by atoms with Crippen LogP contribution in [0.4, 0.5) is 10.8 Å². The molecule has 0 amide bonds. The van der Waals surface area contributed by atoms with E-state index in [9.17, 15) is 10.1 Å². The van der Waals surface area contributed by atoms with E-state index in [4.69, 9.17) is 4.98 Å². The lowest BCUT2D eigenvalue weighted by Crippen LogP contribution is -1.88. The van der Waals surface area contributed by atoms with E-state index in [2.05, 4.69) is 23.2 Å². The number of nitro groups is 1. The molecule has 0 bridgehead atoms. The van der Waals surface area contributed by atoms with Crippen LogP contribution in [-0.2, 0) is 12.8 Å². The van der Waals surface area contributed by atoms with Crippen molar-refractivity contribution in [3.8, 4) is 11.3 Å². The molecule has 5 nitrogen and oxygen atoms in total. The summed E-state index contributed by atoms with van der Waals surface area (Å²) in [5.41, 5.74) is 4.50. The molecule has 1 heterocycles. The van der Waals surface area contributed by atoms with Crippen molar-refractivity contribution < 1.29 is 4.92 Å². The summed E-state index contributed by atoms with van der Waals surface area (Å²) in [6.07, 6.45) is 4.93. The maximum atomic E-state index is 10.7. The summed E-state index contributed by atoms with van der Waals surface area (Å²) in [4.78, 5) is 20.8. The normalized spacial score (nSPS) is 13.3. The van der Waals surface area contributed by atoms with Gasteiger partial charge in [-0.1, -0.05) is 35.6 Å². The zero-order chi connectivity index (χ0) is 17.2. The molecule has 1 aromatic heterocycles. The van der Waals surface area contributed by atoms with Crippen LogP contribution in [-0.4, -0.2) is 16.1 Å². The highest BCUT2D eigenvalue weighted by Gasteiger charge is 2.18. The summed E-state index contributed by atoms with van der Waals surface area (Å²) in [6.45, 7) is 0. The summed E-state index contributed by atoms with van der Waals surface area (Å²) in [5.74, 6) is 0. The average molecular weight is 349 g/mol. The summed E-state index contributed by atoms with van der Waals surface area (Å²) < 4.78 is 0. The first-order valence-electron chi connectivity index (χ1n) is 8.07. The molecule has 4 rings (SSSR count). The molecule has 0 atom stereocenters.